The molecule has 39 heavy (non-hydrogen) atoms. The lowest BCUT2D eigenvalue weighted by molar-refractivity contribution is -0.136. The number of carboxylic acids is 1. The lowest BCUT2D eigenvalue weighted by Gasteiger charge is -2.09. The molecule has 0 bridgehead atoms. The topological polar surface area (TPSA) is 136 Å². The van der Waals surface area contributed by atoms with Crippen molar-refractivity contribution in [2.24, 2.45) is 0 Å². The molecule has 0 atom stereocenters. The summed E-state index contributed by atoms with van der Waals surface area (Å²) in [5.74, 6) is -0.937. The van der Waals surface area contributed by atoms with Crippen LogP contribution < -0.4 is 5.32 Å². The Morgan fingerprint density at radius 3 is 2.49 bits per heavy atom. The summed E-state index contributed by atoms with van der Waals surface area (Å²) in [7, 11) is -3.71. The van der Waals surface area contributed by atoms with Crippen molar-refractivity contribution in [3.8, 4) is 11.3 Å². The van der Waals surface area contributed by atoms with Crippen LogP contribution in [0, 0.1) is 6.92 Å². The van der Waals surface area contributed by atoms with Crippen LogP contribution in [0.4, 0.5) is 10.5 Å². The summed E-state index contributed by atoms with van der Waals surface area (Å²) < 4.78 is 36.4. The summed E-state index contributed by atoms with van der Waals surface area (Å²) in [6.45, 7) is 1.77. The van der Waals surface area contributed by atoms with E-state index in [0.717, 1.165) is 5.56 Å². The molecule has 0 aliphatic carbocycles. The van der Waals surface area contributed by atoms with E-state index >= 15 is 0 Å². The minimum atomic E-state index is -3.71. The molecule has 4 rings (SSSR count). The molecule has 0 fully saturated rings. The molecule has 0 saturated carbocycles. The van der Waals surface area contributed by atoms with E-state index in [9.17, 15) is 18.0 Å². The first-order valence-electron chi connectivity index (χ1n) is 11.9. The first-order chi connectivity index (χ1) is 18.6. The van der Waals surface area contributed by atoms with E-state index in [0.29, 0.717) is 45.3 Å². The van der Waals surface area contributed by atoms with Gasteiger partial charge in [0.15, 0.2) is 15.6 Å². The van der Waals surface area contributed by atoms with E-state index in [1.165, 1.54) is 18.2 Å². The maximum Gasteiger partial charge on any atom is 0.411 e. The van der Waals surface area contributed by atoms with Crippen LogP contribution in [0.2, 0.25) is 5.02 Å². The Balaban J connectivity index is 1.42. The fraction of sp³-hybridized carbons (Fsp3) is 0.179. The second kappa shape index (κ2) is 12.1. The number of rotatable bonds is 10. The van der Waals surface area contributed by atoms with E-state index < -0.39 is 21.9 Å². The third-order valence-electron chi connectivity index (χ3n) is 5.85. The second-order valence-corrected chi connectivity index (χ2v) is 11.1. The van der Waals surface area contributed by atoms with Crippen molar-refractivity contribution in [1.82, 2.24) is 5.16 Å². The number of carboxylic acid groups (broad SMARTS) is 1. The van der Waals surface area contributed by atoms with Crippen LogP contribution in [0.1, 0.15) is 22.5 Å². The molecule has 0 aliphatic heterocycles. The number of ether oxygens (including phenoxy) is 1. The molecule has 2 N–H and O–H groups in total. The van der Waals surface area contributed by atoms with Crippen molar-refractivity contribution in [2.75, 3.05) is 11.9 Å². The number of anilines is 1. The molecular formula is C28H25ClN2O7S. The van der Waals surface area contributed by atoms with Crippen LogP contribution in [0.5, 0.6) is 0 Å². The highest BCUT2D eigenvalue weighted by Gasteiger charge is 2.20. The highest BCUT2D eigenvalue weighted by Crippen LogP contribution is 2.31. The van der Waals surface area contributed by atoms with Crippen LogP contribution in [-0.4, -0.2) is 37.4 Å². The van der Waals surface area contributed by atoms with Crippen molar-refractivity contribution >= 4 is 39.2 Å². The minimum absolute atomic E-state index is 0.0528. The molecule has 1 aromatic heterocycles. The Bertz CT molecular complexity index is 1600. The summed E-state index contributed by atoms with van der Waals surface area (Å²) in [5, 5.41) is 16.3. The van der Waals surface area contributed by atoms with Crippen LogP contribution in [0.25, 0.3) is 11.3 Å². The van der Waals surface area contributed by atoms with Gasteiger partial charge in [0.1, 0.15) is 11.4 Å². The van der Waals surface area contributed by atoms with Crippen LogP contribution in [0.3, 0.4) is 0 Å². The number of hydrogen-bond acceptors (Lipinski definition) is 7. The molecule has 0 radical (unpaired) electrons. The lowest BCUT2D eigenvalue weighted by Crippen LogP contribution is -2.16. The first-order valence-corrected chi connectivity index (χ1v) is 13.9. The fourth-order valence-corrected chi connectivity index (χ4v) is 5.54. The van der Waals surface area contributed by atoms with Crippen molar-refractivity contribution in [2.45, 2.75) is 30.4 Å². The van der Waals surface area contributed by atoms with Gasteiger partial charge in [0.05, 0.1) is 23.7 Å². The van der Waals surface area contributed by atoms with E-state index in [4.69, 9.17) is 26.0 Å². The molecule has 9 nitrogen and oxygen atoms in total. The first kappa shape index (κ1) is 27.9. The molecule has 11 heteroatoms. The number of nitrogens with zero attached hydrogens (tertiary/aromatic N) is 1. The number of halogens is 1. The maximum absolute atomic E-state index is 12.9. The van der Waals surface area contributed by atoms with Crippen molar-refractivity contribution in [3.05, 3.63) is 100 Å². The third kappa shape index (κ3) is 7.24. The van der Waals surface area contributed by atoms with E-state index in [1.807, 2.05) is 18.2 Å². The van der Waals surface area contributed by atoms with Crippen molar-refractivity contribution < 1.29 is 32.4 Å². The SMILES string of the molecule is Cc1onc(-c2ccc(CS(=O)(=O)c3cccc(CC(=O)O)c3)cc2)c1NC(=O)OCCc1ccccc1Cl. The quantitative estimate of drug-likeness (QED) is 0.249. The summed E-state index contributed by atoms with van der Waals surface area (Å²) in [6.07, 6.45) is -0.487. The molecule has 1 heterocycles. The Morgan fingerprint density at radius 2 is 1.77 bits per heavy atom. The standard InChI is InChI=1S/C28H25ClN2O7S/c1-18-26(30-28(34)37-14-13-21-6-2-3-8-24(21)29)27(31-38-18)22-11-9-19(10-12-22)17-39(35,36)23-7-4-5-20(15-23)16-25(32)33/h2-12,15H,13-14,16-17H2,1H3,(H,30,34)(H,32,33). The fourth-order valence-electron chi connectivity index (χ4n) is 3.89. The predicted octanol–water partition coefficient (Wildman–Crippen LogP) is 5.70. The number of carbonyl (C=O) groups is 2. The van der Waals surface area contributed by atoms with Gasteiger partial charge in [0, 0.05) is 17.0 Å². The Labute approximate surface area is 230 Å². The Morgan fingerprint density at radius 1 is 1.03 bits per heavy atom. The zero-order chi connectivity index (χ0) is 28.0. The molecule has 1 amide bonds. The number of nitrogens with one attached hydrogen (secondary N) is 1. The average Bonchev–Trinajstić information content (AvgIpc) is 3.25. The predicted molar refractivity (Wildman–Crippen MR) is 145 cm³/mol. The van der Waals surface area contributed by atoms with Gasteiger partial charge >= 0.3 is 12.1 Å². The maximum atomic E-state index is 12.9. The molecule has 0 unspecified atom stereocenters. The van der Waals surface area contributed by atoms with Crippen molar-refractivity contribution in [3.63, 3.8) is 0 Å². The Hall–Kier alpha value is -4.15. The molecule has 0 saturated heterocycles. The van der Waals surface area contributed by atoms with Gasteiger partial charge in [-0.2, -0.15) is 0 Å². The summed E-state index contributed by atoms with van der Waals surface area (Å²) in [5.41, 5.74) is 3.10. The minimum Gasteiger partial charge on any atom is -0.481 e. The van der Waals surface area contributed by atoms with Gasteiger partial charge < -0.3 is 14.4 Å². The van der Waals surface area contributed by atoms with Gasteiger partial charge in [-0.3, -0.25) is 10.1 Å². The third-order valence-corrected chi connectivity index (χ3v) is 7.90. The van der Waals surface area contributed by atoms with Gasteiger partial charge in [-0.1, -0.05) is 71.4 Å². The molecule has 4 aromatic rings. The monoisotopic (exact) mass is 568 g/mol. The van der Waals surface area contributed by atoms with Crippen LogP contribution >= 0.6 is 11.6 Å². The molecular weight excluding hydrogens is 544 g/mol. The van der Waals surface area contributed by atoms with Crippen LogP contribution in [0.15, 0.2) is 82.2 Å². The second-order valence-electron chi connectivity index (χ2n) is 8.74. The van der Waals surface area contributed by atoms with Gasteiger partial charge in [-0.05, 0) is 41.8 Å². The average molecular weight is 569 g/mol. The van der Waals surface area contributed by atoms with E-state index in [1.54, 1.807) is 43.3 Å². The van der Waals surface area contributed by atoms with Gasteiger partial charge in [-0.25, -0.2) is 13.2 Å². The lowest BCUT2D eigenvalue weighted by atomic mass is 10.1. The zero-order valence-corrected chi connectivity index (χ0v) is 22.5. The number of sulfone groups is 1. The number of carbonyl (C=O) groups excluding carboxylic acids is 1. The smallest absolute Gasteiger partial charge is 0.411 e. The van der Waals surface area contributed by atoms with Crippen LogP contribution in [-0.2, 0) is 38.0 Å². The highest BCUT2D eigenvalue weighted by molar-refractivity contribution is 7.90. The molecule has 3 aromatic carbocycles. The zero-order valence-electron chi connectivity index (χ0n) is 20.9. The number of amides is 1. The number of aryl methyl sites for hydroxylation is 1. The highest BCUT2D eigenvalue weighted by atomic mass is 35.5. The van der Waals surface area contributed by atoms with Gasteiger partial charge in [0.2, 0.25) is 0 Å². The number of benzene rings is 3. The van der Waals surface area contributed by atoms with Crippen molar-refractivity contribution in [1.29, 1.82) is 0 Å². The van der Waals surface area contributed by atoms with E-state index in [-0.39, 0.29) is 23.7 Å². The van der Waals surface area contributed by atoms with Gasteiger partial charge in [-0.15, -0.1) is 0 Å². The van der Waals surface area contributed by atoms with E-state index in [2.05, 4.69) is 10.5 Å². The largest absolute Gasteiger partial charge is 0.481 e. The molecule has 0 spiro atoms. The normalized spacial score (nSPS) is 11.2. The Kier molecular flexibility index (Phi) is 8.68. The molecule has 0 aliphatic rings. The number of aliphatic carboxylic acids is 1. The summed E-state index contributed by atoms with van der Waals surface area (Å²) in [6, 6.07) is 19.9. The summed E-state index contributed by atoms with van der Waals surface area (Å²) >= 11 is 6.13. The number of aromatic nitrogens is 1. The summed E-state index contributed by atoms with van der Waals surface area (Å²) in [4.78, 5) is 23.4. The number of hydrogen-bond donors (Lipinski definition) is 2. The molecule has 202 valence electrons. The van der Waals surface area contributed by atoms with Gasteiger partial charge in [0.25, 0.3) is 0 Å².